The fourth-order valence-electron chi connectivity index (χ4n) is 4.63. The van der Waals surface area contributed by atoms with Crippen molar-refractivity contribution >= 4 is 23.3 Å². The van der Waals surface area contributed by atoms with Crippen molar-refractivity contribution in [1.29, 1.82) is 0 Å². The van der Waals surface area contributed by atoms with E-state index in [1.807, 2.05) is 98.8 Å². The van der Waals surface area contributed by atoms with Gasteiger partial charge in [-0.2, -0.15) is 0 Å². The van der Waals surface area contributed by atoms with Gasteiger partial charge in [0.15, 0.2) is 11.6 Å². The van der Waals surface area contributed by atoms with Crippen LogP contribution in [0.25, 0.3) is 11.1 Å². The van der Waals surface area contributed by atoms with Gasteiger partial charge in [0.25, 0.3) is 0 Å². The SMILES string of the molecule is CSc1ccc(-c2ccc(C(=O)c3ccccc3)cc2)cc1.Cc1cc(C)c(C(=O)c2ccccc2)c(C)c1. The average molecular weight is 529 g/mol. The monoisotopic (exact) mass is 528 g/mol. The Morgan fingerprint density at radius 3 is 1.38 bits per heavy atom. The molecule has 0 N–H and O–H groups in total. The predicted molar refractivity (Wildman–Crippen MR) is 164 cm³/mol. The van der Waals surface area contributed by atoms with Crippen LogP contribution in [-0.4, -0.2) is 17.8 Å². The molecule has 0 amide bonds. The highest BCUT2D eigenvalue weighted by Crippen LogP contribution is 2.24. The Bertz CT molecular complexity index is 1530. The summed E-state index contributed by atoms with van der Waals surface area (Å²) in [5.41, 5.74) is 8.62. The van der Waals surface area contributed by atoms with Gasteiger partial charge >= 0.3 is 0 Å². The molecule has 0 radical (unpaired) electrons. The highest BCUT2D eigenvalue weighted by atomic mass is 32.2. The lowest BCUT2D eigenvalue weighted by atomic mass is 9.93. The first kappa shape index (κ1) is 27.8. The largest absolute Gasteiger partial charge is 0.289 e. The molecule has 0 aliphatic heterocycles. The van der Waals surface area contributed by atoms with Crippen LogP contribution in [0.15, 0.2) is 126 Å². The van der Waals surface area contributed by atoms with Crippen molar-refractivity contribution in [2.75, 3.05) is 6.26 Å². The molecule has 0 saturated carbocycles. The molecule has 0 aromatic heterocycles. The molecule has 0 aliphatic rings. The molecule has 2 nitrogen and oxygen atoms in total. The minimum absolute atomic E-state index is 0.0601. The first-order chi connectivity index (χ1) is 18.9. The van der Waals surface area contributed by atoms with Crippen molar-refractivity contribution < 1.29 is 9.59 Å². The zero-order chi connectivity index (χ0) is 27.8. The quantitative estimate of drug-likeness (QED) is 0.163. The van der Waals surface area contributed by atoms with Gasteiger partial charge < -0.3 is 0 Å². The van der Waals surface area contributed by atoms with Crippen LogP contribution in [0.2, 0.25) is 0 Å². The third-order valence-electron chi connectivity index (χ3n) is 6.55. The van der Waals surface area contributed by atoms with Gasteiger partial charge in [0.1, 0.15) is 0 Å². The van der Waals surface area contributed by atoms with E-state index < -0.39 is 0 Å². The zero-order valence-electron chi connectivity index (χ0n) is 22.8. The molecule has 0 bridgehead atoms. The van der Waals surface area contributed by atoms with E-state index in [4.69, 9.17) is 0 Å². The number of thioether (sulfide) groups is 1. The Morgan fingerprint density at radius 2 is 0.923 bits per heavy atom. The molecule has 5 aromatic carbocycles. The minimum Gasteiger partial charge on any atom is -0.289 e. The summed E-state index contributed by atoms with van der Waals surface area (Å²) in [5, 5.41) is 0. The predicted octanol–water partition coefficient (Wildman–Crippen LogP) is 9.15. The summed E-state index contributed by atoms with van der Waals surface area (Å²) < 4.78 is 0. The van der Waals surface area contributed by atoms with E-state index in [0.717, 1.165) is 44.5 Å². The molecular formula is C36H32O2S. The molecule has 0 spiro atoms. The number of carbonyl (C=O) groups excluding carboxylic acids is 2. The summed E-state index contributed by atoms with van der Waals surface area (Å²) in [6.07, 6.45) is 2.07. The van der Waals surface area contributed by atoms with Crippen LogP contribution in [0.1, 0.15) is 48.5 Å². The third kappa shape index (κ3) is 7.01. The van der Waals surface area contributed by atoms with Gasteiger partial charge in [0.2, 0.25) is 0 Å². The Morgan fingerprint density at radius 1 is 0.513 bits per heavy atom. The van der Waals surface area contributed by atoms with E-state index in [-0.39, 0.29) is 11.6 Å². The van der Waals surface area contributed by atoms with Crippen LogP contribution in [0.4, 0.5) is 0 Å². The summed E-state index contributed by atoms with van der Waals surface area (Å²) in [5.74, 6) is 0.172. The number of rotatable bonds is 6. The van der Waals surface area contributed by atoms with Crippen LogP contribution in [0.5, 0.6) is 0 Å². The van der Waals surface area contributed by atoms with Gasteiger partial charge in [-0.05, 0) is 61.4 Å². The lowest BCUT2D eigenvalue weighted by molar-refractivity contribution is 0.103. The molecule has 3 heteroatoms. The summed E-state index contributed by atoms with van der Waals surface area (Å²) in [6, 6.07) is 39.2. The standard InChI is InChI=1S/C20H16OS.C16H16O/c1-22-19-13-11-16(12-14-19)15-7-9-18(10-8-15)20(21)17-5-3-2-4-6-17;1-11-9-12(2)15(13(3)10-11)16(17)14-7-5-4-6-8-14/h2-14H,1H3;4-10H,1-3H3. The van der Waals surface area contributed by atoms with Gasteiger partial charge in [-0.15, -0.1) is 11.8 Å². The maximum atomic E-state index is 12.4. The number of carbonyl (C=O) groups is 2. The van der Waals surface area contributed by atoms with Crippen molar-refractivity contribution in [3.63, 3.8) is 0 Å². The lowest BCUT2D eigenvalue weighted by Gasteiger charge is -2.10. The smallest absolute Gasteiger partial charge is 0.193 e. The maximum absolute atomic E-state index is 12.4. The second-order valence-electron chi connectivity index (χ2n) is 9.47. The molecule has 5 aromatic rings. The molecule has 5 rings (SSSR count). The van der Waals surface area contributed by atoms with Crippen molar-refractivity contribution in [2.45, 2.75) is 25.7 Å². The molecule has 0 fully saturated rings. The number of benzene rings is 5. The topological polar surface area (TPSA) is 34.1 Å². The van der Waals surface area contributed by atoms with Gasteiger partial charge in [0, 0.05) is 27.1 Å². The van der Waals surface area contributed by atoms with Crippen molar-refractivity contribution in [2.24, 2.45) is 0 Å². The van der Waals surface area contributed by atoms with Crippen molar-refractivity contribution in [3.8, 4) is 11.1 Å². The van der Waals surface area contributed by atoms with Gasteiger partial charge in [-0.3, -0.25) is 9.59 Å². The molecule has 39 heavy (non-hydrogen) atoms. The molecular weight excluding hydrogens is 496 g/mol. The van der Waals surface area contributed by atoms with Crippen LogP contribution in [0.3, 0.4) is 0 Å². The fraction of sp³-hybridized carbons (Fsp3) is 0.111. The molecule has 0 atom stereocenters. The zero-order valence-corrected chi connectivity index (χ0v) is 23.6. The van der Waals surface area contributed by atoms with Gasteiger partial charge in [-0.25, -0.2) is 0 Å². The second-order valence-corrected chi connectivity index (χ2v) is 10.3. The molecule has 0 saturated heterocycles. The first-order valence-corrected chi connectivity index (χ1v) is 14.1. The Kier molecular flexibility index (Phi) is 9.30. The van der Waals surface area contributed by atoms with Crippen molar-refractivity contribution in [3.05, 3.63) is 160 Å². The minimum atomic E-state index is 0.0601. The van der Waals surface area contributed by atoms with E-state index in [1.54, 1.807) is 11.8 Å². The third-order valence-corrected chi connectivity index (χ3v) is 7.29. The van der Waals surface area contributed by atoms with E-state index in [0.29, 0.717) is 0 Å². The molecule has 0 aliphatic carbocycles. The molecule has 0 unspecified atom stereocenters. The maximum Gasteiger partial charge on any atom is 0.193 e. The van der Waals surface area contributed by atoms with Crippen LogP contribution in [0, 0.1) is 20.8 Å². The molecule has 0 heterocycles. The Hall–Kier alpha value is -4.21. The van der Waals surface area contributed by atoms with Crippen LogP contribution < -0.4 is 0 Å². The molecule has 194 valence electrons. The Labute approximate surface area is 235 Å². The fourth-order valence-corrected chi connectivity index (χ4v) is 5.03. The van der Waals surface area contributed by atoms with Crippen LogP contribution >= 0.6 is 11.8 Å². The highest BCUT2D eigenvalue weighted by molar-refractivity contribution is 7.98. The lowest BCUT2D eigenvalue weighted by Crippen LogP contribution is -2.06. The number of ketones is 2. The van der Waals surface area contributed by atoms with E-state index in [2.05, 4.69) is 49.6 Å². The number of hydrogen-bond acceptors (Lipinski definition) is 3. The van der Waals surface area contributed by atoms with Crippen molar-refractivity contribution in [1.82, 2.24) is 0 Å². The summed E-state index contributed by atoms with van der Waals surface area (Å²) >= 11 is 1.73. The van der Waals surface area contributed by atoms with Crippen LogP contribution in [-0.2, 0) is 0 Å². The van der Waals surface area contributed by atoms with Gasteiger partial charge in [-0.1, -0.05) is 115 Å². The van der Waals surface area contributed by atoms with E-state index in [9.17, 15) is 9.59 Å². The first-order valence-electron chi connectivity index (χ1n) is 12.9. The number of hydrogen-bond donors (Lipinski definition) is 0. The average Bonchev–Trinajstić information content (AvgIpc) is 2.97. The van der Waals surface area contributed by atoms with Gasteiger partial charge in [0.05, 0.1) is 0 Å². The van der Waals surface area contributed by atoms with E-state index >= 15 is 0 Å². The summed E-state index contributed by atoms with van der Waals surface area (Å²) in [7, 11) is 0. The Balaban J connectivity index is 0.000000187. The van der Waals surface area contributed by atoms with E-state index in [1.165, 1.54) is 10.5 Å². The summed E-state index contributed by atoms with van der Waals surface area (Å²) in [6.45, 7) is 6.04. The summed E-state index contributed by atoms with van der Waals surface area (Å²) in [4.78, 5) is 26.0. The second kappa shape index (κ2) is 13.0. The highest BCUT2D eigenvalue weighted by Gasteiger charge is 2.14. The number of aryl methyl sites for hydroxylation is 3. The normalized spacial score (nSPS) is 10.4.